The normalized spacial score (nSPS) is 15.1. The molecule has 2 amide bonds. The fraction of sp³-hybridized carbons (Fsp3) is 0.579. The Labute approximate surface area is 144 Å². The summed E-state index contributed by atoms with van der Waals surface area (Å²) in [4.78, 5) is 28.3. The van der Waals surface area contributed by atoms with E-state index in [2.05, 4.69) is 0 Å². The smallest absolute Gasteiger partial charge is 0.222 e. The first kappa shape index (κ1) is 18.3. The van der Waals surface area contributed by atoms with Crippen molar-refractivity contribution in [3.05, 3.63) is 29.8 Å². The minimum absolute atomic E-state index is 0.176. The highest BCUT2D eigenvalue weighted by Gasteiger charge is 2.21. The zero-order valence-electron chi connectivity index (χ0n) is 14.8. The van der Waals surface area contributed by atoms with Gasteiger partial charge in [0.15, 0.2) is 0 Å². The quantitative estimate of drug-likeness (QED) is 0.804. The fourth-order valence-electron chi connectivity index (χ4n) is 2.99. The molecule has 0 bridgehead atoms. The maximum absolute atomic E-state index is 12.4. The Morgan fingerprint density at radius 3 is 2.08 bits per heavy atom. The maximum atomic E-state index is 12.4. The molecule has 1 fully saturated rings. The number of hydrogen-bond donors (Lipinski definition) is 0. The summed E-state index contributed by atoms with van der Waals surface area (Å²) >= 11 is 0. The molecule has 0 N–H and O–H groups in total. The molecule has 132 valence electrons. The lowest BCUT2D eigenvalue weighted by atomic mass is 10.1. The van der Waals surface area contributed by atoms with Crippen LogP contribution in [0.5, 0.6) is 5.75 Å². The number of nitrogens with zero attached hydrogens (tertiary/aromatic N) is 2. The summed E-state index contributed by atoms with van der Waals surface area (Å²) in [6.07, 6.45) is 3.59. The molecule has 0 aromatic heterocycles. The summed E-state index contributed by atoms with van der Waals surface area (Å²) < 4.78 is 5.14. The van der Waals surface area contributed by atoms with Crippen LogP contribution in [0.15, 0.2) is 24.3 Å². The lowest BCUT2D eigenvalue weighted by Crippen LogP contribution is -2.37. The van der Waals surface area contributed by atoms with Crippen LogP contribution in [0.4, 0.5) is 0 Å². The van der Waals surface area contributed by atoms with Gasteiger partial charge in [0.05, 0.1) is 7.11 Å². The van der Waals surface area contributed by atoms with E-state index in [0.29, 0.717) is 25.9 Å². The molecule has 0 unspecified atom stereocenters. The summed E-state index contributed by atoms with van der Waals surface area (Å²) in [5.74, 6) is 1.22. The van der Waals surface area contributed by atoms with Gasteiger partial charge in [-0.2, -0.15) is 0 Å². The van der Waals surface area contributed by atoms with Crippen LogP contribution in [0.2, 0.25) is 0 Å². The number of ether oxygens (including phenoxy) is 1. The molecule has 2 rings (SSSR count). The van der Waals surface area contributed by atoms with Crippen LogP contribution in [0.25, 0.3) is 0 Å². The predicted octanol–water partition coefficient (Wildman–Crippen LogP) is 2.49. The molecule has 24 heavy (non-hydrogen) atoms. The number of carbonyl (C=O) groups excluding carboxylic acids is 2. The molecule has 0 saturated carbocycles. The molecule has 0 spiro atoms. The molecule has 5 nitrogen and oxygen atoms in total. The topological polar surface area (TPSA) is 49.9 Å². The second-order valence-corrected chi connectivity index (χ2v) is 6.21. The van der Waals surface area contributed by atoms with Crippen LogP contribution in [0.3, 0.4) is 0 Å². The average molecular weight is 332 g/mol. The van der Waals surface area contributed by atoms with Crippen molar-refractivity contribution in [3.8, 4) is 5.75 Å². The van der Waals surface area contributed by atoms with E-state index in [4.69, 9.17) is 4.74 Å². The van der Waals surface area contributed by atoms with Crippen molar-refractivity contribution in [1.82, 2.24) is 9.80 Å². The van der Waals surface area contributed by atoms with Crippen LogP contribution in [-0.2, 0) is 16.0 Å². The molecule has 1 aliphatic rings. The van der Waals surface area contributed by atoms with E-state index < -0.39 is 0 Å². The van der Waals surface area contributed by atoms with Crippen LogP contribution < -0.4 is 4.74 Å². The molecular formula is C19H28N2O3. The average Bonchev–Trinajstić information content (AvgIpc) is 2.86. The number of carbonyl (C=O) groups is 2. The van der Waals surface area contributed by atoms with E-state index in [0.717, 1.165) is 43.7 Å². The van der Waals surface area contributed by atoms with Crippen molar-refractivity contribution in [2.75, 3.05) is 33.3 Å². The minimum Gasteiger partial charge on any atom is -0.497 e. The first-order chi connectivity index (χ1) is 11.6. The van der Waals surface area contributed by atoms with Gasteiger partial charge in [0.1, 0.15) is 5.75 Å². The zero-order valence-corrected chi connectivity index (χ0v) is 14.8. The first-order valence-corrected chi connectivity index (χ1v) is 8.82. The van der Waals surface area contributed by atoms with Crippen LogP contribution >= 0.6 is 0 Å². The Bertz CT molecular complexity index is 542. The lowest BCUT2D eigenvalue weighted by molar-refractivity contribution is -0.133. The predicted molar refractivity (Wildman–Crippen MR) is 94.0 cm³/mol. The van der Waals surface area contributed by atoms with Crippen molar-refractivity contribution >= 4 is 11.8 Å². The molecule has 1 saturated heterocycles. The molecule has 1 heterocycles. The van der Waals surface area contributed by atoms with Crippen LogP contribution in [0, 0.1) is 0 Å². The van der Waals surface area contributed by atoms with E-state index in [9.17, 15) is 9.59 Å². The minimum atomic E-state index is 0.176. The highest BCUT2D eigenvalue weighted by molar-refractivity contribution is 5.78. The van der Waals surface area contributed by atoms with Gasteiger partial charge in [0, 0.05) is 39.0 Å². The number of aryl methyl sites for hydroxylation is 1. The summed E-state index contributed by atoms with van der Waals surface area (Å²) in [5, 5.41) is 0. The Hall–Kier alpha value is -2.04. The van der Waals surface area contributed by atoms with Crippen LogP contribution in [0.1, 0.15) is 38.2 Å². The largest absolute Gasteiger partial charge is 0.497 e. The molecule has 1 aliphatic heterocycles. The summed E-state index contributed by atoms with van der Waals surface area (Å²) in [6.45, 7) is 4.84. The van der Waals surface area contributed by atoms with Crippen LogP contribution in [-0.4, -0.2) is 54.9 Å². The van der Waals surface area contributed by atoms with Crippen molar-refractivity contribution in [3.63, 3.8) is 0 Å². The highest BCUT2D eigenvalue weighted by Crippen LogP contribution is 2.14. The first-order valence-electron chi connectivity index (χ1n) is 8.82. The summed E-state index contributed by atoms with van der Waals surface area (Å²) in [6, 6.07) is 7.84. The van der Waals surface area contributed by atoms with Gasteiger partial charge < -0.3 is 14.5 Å². The Morgan fingerprint density at radius 1 is 0.958 bits per heavy atom. The summed E-state index contributed by atoms with van der Waals surface area (Å²) in [5.41, 5.74) is 1.14. The number of hydrogen-bond acceptors (Lipinski definition) is 3. The Kier molecular flexibility index (Phi) is 7.09. The molecule has 0 atom stereocenters. The van der Waals surface area contributed by atoms with Gasteiger partial charge >= 0.3 is 0 Å². The molecule has 0 radical (unpaired) electrons. The third-order valence-corrected chi connectivity index (χ3v) is 4.45. The highest BCUT2D eigenvalue weighted by atomic mass is 16.5. The van der Waals surface area contributed by atoms with Crippen molar-refractivity contribution in [2.24, 2.45) is 0 Å². The second-order valence-electron chi connectivity index (χ2n) is 6.21. The van der Waals surface area contributed by atoms with Crippen molar-refractivity contribution < 1.29 is 14.3 Å². The van der Waals surface area contributed by atoms with Gasteiger partial charge in [0.25, 0.3) is 0 Å². The molecule has 5 heteroatoms. The van der Waals surface area contributed by atoms with E-state index in [1.165, 1.54) is 0 Å². The van der Waals surface area contributed by atoms with Gasteiger partial charge in [-0.15, -0.1) is 0 Å². The molecular weight excluding hydrogens is 304 g/mol. The SMILES string of the molecule is CCCC(=O)N1CCCN(C(=O)CCc2ccc(OC)cc2)CC1. The molecule has 1 aromatic rings. The van der Waals surface area contributed by atoms with E-state index in [-0.39, 0.29) is 11.8 Å². The van der Waals surface area contributed by atoms with E-state index in [1.54, 1.807) is 7.11 Å². The van der Waals surface area contributed by atoms with Gasteiger partial charge in [-0.1, -0.05) is 19.1 Å². The Morgan fingerprint density at radius 2 is 1.54 bits per heavy atom. The molecule has 1 aromatic carbocycles. The van der Waals surface area contributed by atoms with Gasteiger partial charge in [-0.05, 0) is 37.0 Å². The standard InChI is InChI=1S/C19H28N2O3/c1-3-5-18(22)20-12-4-13-21(15-14-20)19(23)11-8-16-6-9-17(24-2)10-7-16/h6-7,9-10H,3-5,8,11-15H2,1-2H3. The molecule has 0 aliphatic carbocycles. The van der Waals surface area contributed by atoms with Gasteiger partial charge in [-0.3, -0.25) is 9.59 Å². The van der Waals surface area contributed by atoms with E-state index >= 15 is 0 Å². The van der Waals surface area contributed by atoms with Gasteiger partial charge in [0.2, 0.25) is 11.8 Å². The van der Waals surface area contributed by atoms with E-state index in [1.807, 2.05) is 41.0 Å². The monoisotopic (exact) mass is 332 g/mol. The Balaban J connectivity index is 1.80. The second kappa shape index (κ2) is 9.30. The lowest BCUT2D eigenvalue weighted by Gasteiger charge is -2.22. The van der Waals surface area contributed by atoms with Crippen molar-refractivity contribution in [1.29, 1.82) is 0 Å². The number of benzene rings is 1. The number of amides is 2. The third kappa shape index (κ3) is 5.25. The summed E-state index contributed by atoms with van der Waals surface area (Å²) in [7, 11) is 1.65. The third-order valence-electron chi connectivity index (χ3n) is 4.45. The van der Waals surface area contributed by atoms with Crippen molar-refractivity contribution in [2.45, 2.75) is 39.0 Å². The van der Waals surface area contributed by atoms with Gasteiger partial charge in [-0.25, -0.2) is 0 Å². The maximum Gasteiger partial charge on any atom is 0.222 e. The fourth-order valence-corrected chi connectivity index (χ4v) is 2.99. The number of rotatable bonds is 6. The zero-order chi connectivity index (χ0) is 17.4. The number of methoxy groups -OCH3 is 1.